The van der Waals surface area contributed by atoms with Gasteiger partial charge < -0.3 is 9.74 Å². The molecule has 0 aromatic rings. The van der Waals surface area contributed by atoms with Crippen molar-refractivity contribution in [2.24, 2.45) is 0 Å². The highest BCUT2D eigenvalue weighted by atomic mass is 28.4. The molecular weight excluding hydrogens is 218 g/mol. The molecule has 1 rings (SSSR count). The smallest absolute Gasteiger partial charge is 0.222 e. The molecule has 0 bridgehead atoms. The molecule has 1 aliphatic rings. The van der Waals surface area contributed by atoms with Crippen LogP contribution in [0.3, 0.4) is 0 Å². The van der Waals surface area contributed by atoms with Gasteiger partial charge in [0.2, 0.25) is 5.91 Å². The van der Waals surface area contributed by atoms with Crippen molar-refractivity contribution in [1.29, 1.82) is 0 Å². The molecule has 1 saturated heterocycles. The molecular formula is C12H25NO2Si. The number of nitrogens with one attached hydrogen (secondary N) is 1. The average molecular weight is 243 g/mol. The zero-order valence-corrected chi connectivity index (χ0v) is 12.4. The van der Waals surface area contributed by atoms with Crippen LogP contribution in [-0.2, 0) is 9.22 Å². The highest BCUT2D eigenvalue weighted by molar-refractivity contribution is 6.74. The third-order valence-corrected chi connectivity index (χ3v) is 8.38. The van der Waals surface area contributed by atoms with E-state index in [0.717, 1.165) is 6.42 Å². The highest BCUT2D eigenvalue weighted by Crippen LogP contribution is 2.38. The normalized spacial score (nSPS) is 27.0. The van der Waals surface area contributed by atoms with E-state index >= 15 is 0 Å². The first kappa shape index (κ1) is 13.7. The predicted octanol–water partition coefficient (Wildman–Crippen LogP) is 2.68. The minimum absolute atomic E-state index is 0.0818. The van der Waals surface area contributed by atoms with Gasteiger partial charge in [-0.3, -0.25) is 4.79 Å². The van der Waals surface area contributed by atoms with Gasteiger partial charge in [-0.1, -0.05) is 27.7 Å². The van der Waals surface area contributed by atoms with Crippen molar-refractivity contribution in [3.8, 4) is 0 Å². The van der Waals surface area contributed by atoms with Crippen LogP contribution in [0.4, 0.5) is 0 Å². The molecule has 0 aliphatic carbocycles. The Hall–Kier alpha value is -0.353. The zero-order valence-electron chi connectivity index (χ0n) is 11.4. The summed E-state index contributed by atoms with van der Waals surface area (Å²) in [5, 5.41) is 3.19. The molecule has 1 fully saturated rings. The molecule has 4 heteroatoms. The molecule has 0 aromatic heterocycles. The maximum atomic E-state index is 11.4. The Morgan fingerprint density at radius 3 is 2.44 bits per heavy atom. The van der Waals surface area contributed by atoms with Gasteiger partial charge in [0, 0.05) is 0 Å². The van der Waals surface area contributed by atoms with Crippen LogP contribution in [0.1, 0.15) is 40.5 Å². The summed E-state index contributed by atoms with van der Waals surface area (Å²) in [6, 6.07) is 0.210. The van der Waals surface area contributed by atoms with Crippen molar-refractivity contribution in [1.82, 2.24) is 5.32 Å². The topological polar surface area (TPSA) is 38.3 Å². The SMILES string of the molecule is CC[C@@H]1NC(=O)C[C@H]1O[Si](C)(C)C(C)(C)C. The number of hydrogen-bond acceptors (Lipinski definition) is 2. The second kappa shape index (κ2) is 4.49. The van der Waals surface area contributed by atoms with Crippen LogP contribution in [-0.4, -0.2) is 26.4 Å². The van der Waals surface area contributed by atoms with E-state index in [4.69, 9.17) is 4.43 Å². The molecule has 0 aromatic carbocycles. The quantitative estimate of drug-likeness (QED) is 0.774. The van der Waals surface area contributed by atoms with Gasteiger partial charge in [0.1, 0.15) is 0 Å². The third-order valence-electron chi connectivity index (χ3n) is 3.87. The first-order valence-electron chi connectivity index (χ1n) is 6.14. The van der Waals surface area contributed by atoms with Crippen molar-refractivity contribution < 1.29 is 9.22 Å². The van der Waals surface area contributed by atoms with Gasteiger partial charge in [-0.2, -0.15) is 0 Å². The molecule has 0 radical (unpaired) electrons. The van der Waals surface area contributed by atoms with Crippen molar-refractivity contribution in [3.63, 3.8) is 0 Å². The maximum absolute atomic E-state index is 11.4. The van der Waals surface area contributed by atoms with Gasteiger partial charge in [0.05, 0.1) is 18.6 Å². The summed E-state index contributed by atoms with van der Waals surface area (Å²) >= 11 is 0. The van der Waals surface area contributed by atoms with Crippen LogP contribution < -0.4 is 5.32 Å². The van der Waals surface area contributed by atoms with Crippen molar-refractivity contribution in [2.45, 2.75) is 70.8 Å². The van der Waals surface area contributed by atoms with Crippen molar-refractivity contribution in [2.75, 3.05) is 0 Å². The monoisotopic (exact) mass is 243 g/mol. The molecule has 2 atom stereocenters. The standard InChI is InChI=1S/C12H25NO2Si/c1-7-9-10(8-11(14)13-9)15-16(5,6)12(2,3)4/h9-10H,7-8H2,1-6H3,(H,13,14)/t9-,10+/m0/s1. The van der Waals surface area contributed by atoms with E-state index < -0.39 is 8.32 Å². The highest BCUT2D eigenvalue weighted by Gasteiger charge is 2.43. The van der Waals surface area contributed by atoms with Crippen LogP contribution >= 0.6 is 0 Å². The average Bonchev–Trinajstić information content (AvgIpc) is 2.43. The Balaban J connectivity index is 2.70. The summed E-state index contributed by atoms with van der Waals surface area (Å²) in [7, 11) is -1.75. The lowest BCUT2D eigenvalue weighted by Crippen LogP contribution is -2.46. The van der Waals surface area contributed by atoms with Crippen LogP contribution in [0.25, 0.3) is 0 Å². The molecule has 16 heavy (non-hydrogen) atoms. The van der Waals surface area contributed by atoms with Gasteiger partial charge in [0.15, 0.2) is 8.32 Å². The second-order valence-corrected chi connectivity index (χ2v) is 11.0. The summed E-state index contributed by atoms with van der Waals surface area (Å²) < 4.78 is 6.29. The fraction of sp³-hybridized carbons (Fsp3) is 0.917. The Bertz CT molecular complexity index is 271. The van der Waals surface area contributed by atoms with Gasteiger partial charge in [0.25, 0.3) is 0 Å². The summed E-state index contributed by atoms with van der Waals surface area (Å²) in [5.41, 5.74) is 0. The molecule has 0 saturated carbocycles. The number of hydrogen-bond donors (Lipinski definition) is 1. The summed E-state index contributed by atoms with van der Waals surface area (Å²) in [6.07, 6.45) is 1.56. The Kier molecular flexibility index (Phi) is 3.85. The Morgan fingerprint density at radius 1 is 1.44 bits per heavy atom. The molecule has 0 spiro atoms. The predicted molar refractivity (Wildman–Crippen MR) is 68.9 cm³/mol. The van der Waals surface area contributed by atoms with E-state index in [1.54, 1.807) is 0 Å². The van der Waals surface area contributed by atoms with Crippen molar-refractivity contribution in [3.05, 3.63) is 0 Å². The Labute approximate surface area is 100 Å². The minimum atomic E-state index is -1.75. The first-order valence-corrected chi connectivity index (χ1v) is 9.05. The molecule has 94 valence electrons. The zero-order chi connectivity index (χ0) is 12.6. The van der Waals surface area contributed by atoms with E-state index in [-0.39, 0.29) is 23.1 Å². The molecule has 3 nitrogen and oxygen atoms in total. The fourth-order valence-corrected chi connectivity index (χ4v) is 3.09. The maximum Gasteiger partial charge on any atom is 0.222 e. The molecule has 1 N–H and O–H groups in total. The van der Waals surface area contributed by atoms with E-state index in [0.29, 0.717) is 6.42 Å². The van der Waals surface area contributed by atoms with Gasteiger partial charge in [-0.25, -0.2) is 0 Å². The summed E-state index contributed by atoms with van der Waals surface area (Å²) in [4.78, 5) is 11.4. The van der Waals surface area contributed by atoms with E-state index in [1.807, 2.05) is 0 Å². The van der Waals surface area contributed by atoms with Crippen LogP contribution in [0.5, 0.6) is 0 Å². The van der Waals surface area contributed by atoms with Gasteiger partial charge in [-0.05, 0) is 24.6 Å². The molecule has 0 unspecified atom stereocenters. The lowest BCUT2D eigenvalue weighted by Gasteiger charge is -2.39. The van der Waals surface area contributed by atoms with Crippen LogP contribution in [0.15, 0.2) is 0 Å². The van der Waals surface area contributed by atoms with Crippen LogP contribution in [0.2, 0.25) is 18.1 Å². The van der Waals surface area contributed by atoms with Crippen LogP contribution in [0, 0.1) is 0 Å². The third kappa shape index (κ3) is 2.86. The molecule has 1 amide bonds. The first-order chi connectivity index (χ1) is 7.17. The second-order valence-electron chi connectivity index (χ2n) is 6.20. The number of carbonyl (C=O) groups excluding carboxylic acids is 1. The fourth-order valence-electron chi connectivity index (χ4n) is 1.73. The Morgan fingerprint density at radius 2 is 2.00 bits per heavy atom. The largest absolute Gasteiger partial charge is 0.411 e. The number of carbonyl (C=O) groups is 1. The van der Waals surface area contributed by atoms with E-state index in [1.165, 1.54) is 0 Å². The van der Waals surface area contributed by atoms with Gasteiger partial charge >= 0.3 is 0 Å². The molecule has 1 aliphatic heterocycles. The van der Waals surface area contributed by atoms with E-state index in [2.05, 4.69) is 46.1 Å². The minimum Gasteiger partial charge on any atom is -0.411 e. The summed E-state index contributed by atoms with van der Waals surface area (Å²) in [6.45, 7) is 13.3. The van der Waals surface area contributed by atoms with E-state index in [9.17, 15) is 4.79 Å². The number of amides is 1. The summed E-state index contributed by atoms with van der Waals surface area (Å²) in [5.74, 6) is 0.135. The van der Waals surface area contributed by atoms with Crippen molar-refractivity contribution >= 4 is 14.2 Å². The molecule has 1 heterocycles. The van der Waals surface area contributed by atoms with Gasteiger partial charge in [-0.15, -0.1) is 0 Å². The lowest BCUT2D eigenvalue weighted by atomic mass is 10.1. The number of rotatable bonds is 3. The lowest BCUT2D eigenvalue weighted by molar-refractivity contribution is -0.119.